The van der Waals surface area contributed by atoms with Crippen LogP contribution >= 0.6 is 0 Å². The van der Waals surface area contributed by atoms with Crippen molar-refractivity contribution in [2.75, 3.05) is 0 Å². The van der Waals surface area contributed by atoms with Crippen molar-refractivity contribution in [2.24, 2.45) is 0 Å². The number of nitrogens with zero attached hydrogens (tertiary/aromatic N) is 3. The number of hydrogen-bond acceptors (Lipinski definition) is 4. The van der Waals surface area contributed by atoms with Crippen molar-refractivity contribution in [2.45, 2.75) is 0 Å². The van der Waals surface area contributed by atoms with Crippen LogP contribution in [-0.4, -0.2) is 32.4 Å². The Labute approximate surface area is 107 Å². The fourth-order valence-electron chi connectivity index (χ4n) is 1.82. The number of benzene rings is 1. The van der Waals surface area contributed by atoms with Gasteiger partial charge in [0.1, 0.15) is 6.33 Å². The molecule has 0 aliphatic carbocycles. The topological polar surface area (TPSA) is 84.3 Å². The summed E-state index contributed by atoms with van der Waals surface area (Å²) in [4.78, 5) is 39.4. The number of imide groups is 1. The Morgan fingerprint density at radius 3 is 2.26 bits per heavy atom. The third-order valence-corrected chi connectivity index (χ3v) is 2.74. The highest BCUT2D eigenvalue weighted by Crippen LogP contribution is 2.20. The second kappa shape index (κ2) is 4.05. The second-order valence-corrected chi connectivity index (χ2v) is 3.88. The first kappa shape index (κ1) is 11.1. The van der Waals surface area contributed by atoms with Crippen LogP contribution in [0.25, 0.3) is 0 Å². The highest BCUT2D eigenvalue weighted by molar-refractivity contribution is 6.21. The minimum atomic E-state index is -0.632. The minimum absolute atomic E-state index is 0.276. The number of carbonyl (C=O) groups is 3. The summed E-state index contributed by atoms with van der Waals surface area (Å²) in [5.41, 5.74) is 2.80. The summed E-state index contributed by atoms with van der Waals surface area (Å²) >= 11 is 0. The lowest BCUT2D eigenvalue weighted by Crippen LogP contribution is -2.47. The average Bonchev–Trinajstić information content (AvgIpc) is 3.03. The van der Waals surface area contributed by atoms with E-state index in [9.17, 15) is 14.4 Å². The Bertz CT molecular complexity index is 643. The van der Waals surface area contributed by atoms with Crippen LogP contribution in [0.4, 0.5) is 4.79 Å². The van der Waals surface area contributed by atoms with Gasteiger partial charge >= 0.3 is 6.03 Å². The Hall–Kier alpha value is -2.96. The molecule has 0 saturated heterocycles. The van der Waals surface area contributed by atoms with E-state index in [1.54, 1.807) is 24.3 Å². The highest BCUT2D eigenvalue weighted by atomic mass is 16.2. The largest absolute Gasteiger partial charge is 0.346 e. The number of hydrogen-bond donors (Lipinski definition) is 1. The van der Waals surface area contributed by atoms with Crippen molar-refractivity contribution in [3.8, 4) is 0 Å². The molecule has 0 radical (unpaired) electrons. The zero-order valence-electron chi connectivity index (χ0n) is 9.61. The molecular formula is C12H8N4O3. The van der Waals surface area contributed by atoms with Crippen molar-refractivity contribution >= 4 is 17.8 Å². The van der Waals surface area contributed by atoms with Gasteiger partial charge in [-0.3, -0.25) is 14.2 Å². The van der Waals surface area contributed by atoms with Crippen molar-refractivity contribution in [1.82, 2.24) is 20.0 Å². The molecular weight excluding hydrogens is 248 g/mol. The van der Waals surface area contributed by atoms with E-state index < -0.39 is 17.8 Å². The summed E-state index contributed by atoms with van der Waals surface area (Å²) in [6, 6.07) is 5.76. The number of nitrogens with one attached hydrogen (secondary N) is 1. The molecule has 0 saturated carbocycles. The van der Waals surface area contributed by atoms with Gasteiger partial charge in [-0.1, -0.05) is 12.1 Å². The molecule has 1 aliphatic rings. The van der Waals surface area contributed by atoms with Gasteiger partial charge in [-0.2, -0.15) is 5.01 Å². The van der Waals surface area contributed by atoms with Gasteiger partial charge < -0.3 is 0 Å². The monoisotopic (exact) mass is 256 g/mol. The molecule has 0 unspecified atom stereocenters. The van der Waals surface area contributed by atoms with E-state index in [1.807, 2.05) is 0 Å². The number of imidazole rings is 1. The van der Waals surface area contributed by atoms with E-state index in [-0.39, 0.29) is 11.1 Å². The van der Waals surface area contributed by atoms with Crippen LogP contribution in [0.3, 0.4) is 0 Å². The molecule has 2 heterocycles. The first-order chi connectivity index (χ1) is 9.18. The number of aromatic nitrogens is 2. The molecule has 1 N–H and O–H groups in total. The van der Waals surface area contributed by atoms with E-state index in [0.29, 0.717) is 5.01 Å². The third kappa shape index (κ3) is 1.68. The molecule has 1 aliphatic heterocycles. The van der Waals surface area contributed by atoms with Crippen LogP contribution in [0, 0.1) is 0 Å². The molecule has 2 aromatic rings. The van der Waals surface area contributed by atoms with E-state index in [4.69, 9.17) is 0 Å². The Kier molecular flexibility index (Phi) is 2.38. The smallest absolute Gasteiger partial charge is 0.267 e. The molecule has 1 aromatic carbocycles. The molecule has 0 atom stereocenters. The van der Waals surface area contributed by atoms with Crippen LogP contribution in [0.2, 0.25) is 0 Å². The maximum absolute atomic E-state index is 12.0. The van der Waals surface area contributed by atoms with Gasteiger partial charge in [0, 0.05) is 12.4 Å². The maximum atomic E-state index is 12.0. The fourth-order valence-corrected chi connectivity index (χ4v) is 1.82. The van der Waals surface area contributed by atoms with Gasteiger partial charge in [-0.05, 0) is 12.1 Å². The van der Waals surface area contributed by atoms with E-state index >= 15 is 0 Å². The minimum Gasteiger partial charge on any atom is -0.267 e. The standard InChI is InChI=1S/C12H8N4O3/c17-10-8-3-1-2-4-9(8)11(18)16(10)14-12(19)15-6-5-13-7-15/h1-7H,(H,14,19). The molecule has 0 spiro atoms. The lowest BCUT2D eigenvalue weighted by atomic mass is 10.1. The van der Waals surface area contributed by atoms with Crippen molar-refractivity contribution in [3.05, 3.63) is 54.1 Å². The molecule has 3 amide bonds. The Morgan fingerprint density at radius 1 is 1.11 bits per heavy atom. The van der Waals surface area contributed by atoms with E-state index in [1.165, 1.54) is 18.7 Å². The summed E-state index contributed by atoms with van der Waals surface area (Å²) in [5.74, 6) is -1.09. The van der Waals surface area contributed by atoms with Crippen molar-refractivity contribution in [1.29, 1.82) is 0 Å². The third-order valence-electron chi connectivity index (χ3n) is 2.74. The zero-order chi connectivity index (χ0) is 13.4. The SMILES string of the molecule is O=C1c2ccccc2C(=O)N1NC(=O)n1ccnc1. The fraction of sp³-hybridized carbons (Fsp3) is 0. The Morgan fingerprint density at radius 2 is 1.74 bits per heavy atom. The van der Waals surface area contributed by atoms with Gasteiger partial charge in [0.25, 0.3) is 11.8 Å². The molecule has 3 rings (SSSR count). The molecule has 0 bridgehead atoms. The summed E-state index contributed by atoms with van der Waals surface area (Å²) in [6.07, 6.45) is 4.10. The summed E-state index contributed by atoms with van der Waals surface area (Å²) in [5, 5.41) is 0.701. The quantitative estimate of drug-likeness (QED) is 0.759. The van der Waals surface area contributed by atoms with Crippen LogP contribution in [0.5, 0.6) is 0 Å². The van der Waals surface area contributed by atoms with Gasteiger partial charge in [0.2, 0.25) is 0 Å². The average molecular weight is 256 g/mol. The Balaban J connectivity index is 1.87. The summed E-state index contributed by atoms with van der Waals surface area (Å²) in [7, 11) is 0. The summed E-state index contributed by atoms with van der Waals surface area (Å²) in [6.45, 7) is 0. The zero-order valence-corrected chi connectivity index (χ0v) is 9.61. The molecule has 94 valence electrons. The van der Waals surface area contributed by atoms with Crippen LogP contribution in [0.1, 0.15) is 20.7 Å². The summed E-state index contributed by atoms with van der Waals surface area (Å²) < 4.78 is 1.13. The predicted octanol–water partition coefficient (Wildman–Crippen LogP) is 0.652. The molecule has 1 aromatic heterocycles. The maximum Gasteiger partial charge on any atom is 0.346 e. The number of rotatable bonds is 1. The second-order valence-electron chi connectivity index (χ2n) is 3.88. The van der Waals surface area contributed by atoms with Gasteiger partial charge in [-0.25, -0.2) is 15.2 Å². The normalized spacial score (nSPS) is 13.6. The van der Waals surface area contributed by atoms with Crippen LogP contribution in [0.15, 0.2) is 43.0 Å². The van der Waals surface area contributed by atoms with Crippen molar-refractivity contribution in [3.63, 3.8) is 0 Å². The first-order valence-corrected chi connectivity index (χ1v) is 5.45. The predicted molar refractivity (Wildman–Crippen MR) is 63.1 cm³/mol. The number of fused-ring (bicyclic) bond motifs is 1. The number of hydrazine groups is 1. The lowest BCUT2D eigenvalue weighted by molar-refractivity contribution is 0.0587. The lowest BCUT2D eigenvalue weighted by Gasteiger charge is -2.14. The molecule has 7 heteroatoms. The van der Waals surface area contributed by atoms with E-state index in [0.717, 1.165) is 4.57 Å². The van der Waals surface area contributed by atoms with Gasteiger partial charge in [-0.15, -0.1) is 0 Å². The molecule has 7 nitrogen and oxygen atoms in total. The van der Waals surface area contributed by atoms with Crippen LogP contribution in [-0.2, 0) is 0 Å². The molecule has 0 fully saturated rings. The van der Waals surface area contributed by atoms with Gasteiger partial charge in [0.15, 0.2) is 0 Å². The van der Waals surface area contributed by atoms with Crippen LogP contribution < -0.4 is 5.43 Å². The van der Waals surface area contributed by atoms with Crippen molar-refractivity contribution < 1.29 is 14.4 Å². The number of amides is 3. The van der Waals surface area contributed by atoms with E-state index in [2.05, 4.69) is 10.4 Å². The first-order valence-electron chi connectivity index (χ1n) is 5.45. The van der Waals surface area contributed by atoms with Gasteiger partial charge in [0.05, 0.1) is 11.1 Å². The molecule has 19 heavy (non-hydrogen) atoms. The number of carbonyl (C=O) groups excluding carboxylic acids is 3. The highest BCUT2D eigenvalue weighted by Gasteiger charge is 2.36.